The molecule has 5 N–H and O–H groups in total. The van der Waals surface area contributed by atoms with E-state index in [-0.39, 0.29) is 12.8 Å². The van der Waals surface area contributed by atoms with E-state index in [9.17, 15) is 9.59 Å². The van der Waals surface area contributed by atoms with Crippen LogP contribution in [0.15, 0.2) is 12.5 Å². The van der Waals surface area contributed by atoms with E-state index in [1.165, 1.54) is 12.5 Å². The molecule has 18 heavy (non-hydrogen) atoms. The van der Waals surface area contributed by atoms with Crippen LogP contribution in [0, 0.1) is 12.3 Å². The minimum absolute atomic E-state index is 0.0578. The standard InChI is InChI=1S/C11H14N4O3/c1-2-3-8(12)10(16)15-9(11(17)18)4-7-5-13-6-14-7/h1,5-6,8-9H,3-4,12H2,(H,13,14)(H,15,16)(H,17,18). The molecule has 0 spiro atoms. The molecule has 0 saturated carbocycles. The third kappa shape index (κ3) is 3.92. The molecule has 1 heterocycles. The Morgan fingerprint density at radius 3 is 2.89 bits per heavy atom. The fourth-order valence-corrected chi connectivity index (χ4v) is 1.31. The fraction of sp³-hybridized carbons (Fsp3) is 0.364. The number of hydrogen-bond donors (Lipinski definition) is 4. The normalized spacial score (nSPS) is 13.3. The molecule has 0 aliphatic rings. The van der Waals surface area contributed by atoms with Gasteiger partial charge in [-0.2, -0.15) is 0 Å². The first-order chi connectivity index (χ1) is 8.54. The highest BCUT2D eigenvalue weighted by Gasteiger charge is 2.23. The minimum atomic E-state index is -1.15. The second-order valence-corrected chi connectivity index (χ2v) is 3.70. The summed E-state index contributed by atoms with van der Waals surface area (Å²) in [6, 6.07) is -1.97. The monoisotopic (exact) mass is 250 g/mol. The number of nitrogens with one attached hydrogen (secondary N) is 2. The number of nitrogens with two attached hydrogens (primary N) is 1. The zero-order chi connectivity index (χ0) is 13.5. The summed E-state index contributed by atoms with van der Waals surface area (Å²) in [4.78, 5) is 29.1. The molecular formula is C11H14N4O3. The first-order valence-electron chi connectivity index (χ1n) is 5.24. The number of rotatable bonds is 6. The van der Waals surface area contributed by atoms with Crippen LogP contribution in [0.25, 0.3) is 0 Å². The van der Waals surface area contributed by atoms with Crippen LogP contribution in [0.4, 0.5) is 0 Å². The molecule has 1 rings (SSSR count). The lowest BCUT2D eigenvalue weighted by Crippen LogP contribution is -2.49. The van der Waals surface area contributed by atoms with E-state index in [4.69, 9.17) is 17.3 Å². The number of carboxylic acids is 1. The average molecular weight is 250 g/mol. The number of H-pyrrole nitrogens is 1. The maximum atomic E-state index is 11.6. The molecule has 0 fully saturated rings. The number of carbonyl (C=O) groups is 2. The van der Waals surface area contributed by atoms with Crippen LogP contribution in [0.3, 0.4) is 0 Å². The highest BCUT2D eigenvalue weighted by atomic mass is 16.4. The number of terminal acetylenes is 1. The van der Waals surface area contributed by atoms with Gasteiger partial charge >= 0.3 is 5.97 Å². The Morgan fingerprint density at radius 1 is 1.67 bits per heavy atom. The van der Waals surface area contributed by atoms with Crippen LogP contribution >= 0.6 is 0 Å². The van der Waals surface area contributed by atoms with E-state index in [0.717, 1.165) is 0 Å². The lowest BCUT2D eigenvalue weighted by atomic mass is 10.1. The molecule has 2 atom stereocenters. The maximum absolute atomic E-state index is 11.6. The van der Waals surface area contributed by atoms with Gasteiger partial charge in [-0.1, -0.05) is 0 Å². The van der Waals surface area contributed by atoms with Gasteiger partial charge in [-0.05, 0) is 0 Å². The van der Waals surface area contributed by atoms with Crippen molar-refractivity contribution in [2.24, 2.45) is 5.73 Å². The number of carboxylic acid groups (broad SMARTS) is 1. The molecule has 1 amide bonds. The summed E-state index contributed by atoms with van der Waals surface area (Å²) in [7, 11) is 0. The van der Waals surface area contributed by atoms with E-state index in [2.05, 4.69) is 21.2 Å². The summed E-state index contributed by atoms with van der Waals surface area (Å²) in [6.07, 6.45) is 8.11. The topological polar surface area (TPSA) is 121 Å². The third-order valence-electron chi connectivity index (χ3n) is 2.27. The molecule has 96 valence electrons. The lowest BCUT2D eigenvalue weighted by Gasteiger charge is -2.16. The molecule has 0 radical (unpaired) electrons. The van der Waals surface area contributed by atoms with Gasteiger partial charge in [-0.25, -0.2) is 9.78 Å². The van der Waals surface area contributed by atoms with Gasteiger partial charge in [-0.15, -0.1) is 12.3 Å². The number of aliphatic carboxylic acids is 1. The van der Waals surface area contributed by atoms with Crippen molar-refractivity contribution < 1.29 is 14.7 Å². The highest BCUT2D eigenvalue weighted by molar-refractivity contribution is 5.87. The molecular weight excluding hydrogens is 236 g/mol. The van der Waals surface area contributed by atoms with E-state index in [1.807, 2.05) is 0 Å². The van der Waals surface area contributed by atoms with Crippen LogP contribution in [0.5, 0.6) is 0 Å². The van der Waals surface area contributed by atoms with Crippen molar-refractivity contribution in [3.05, 3.63) is 18.2 Å². The third-order valence-corrected chi connectivity index (χ3v) is 2.27. The molecule has 0 aliphatic heterocycles. The first-order valence-corrected chi connectivity index (χ1v) is 5.24. The maximum Gasteiger partial charge on any atom is 0.326 e. The Kier molecular flexibility index (Phi) is 4.90. The number of aromatic nitrogens is 2. The van der Waals surface area contributed by atoms with Gasteiger partial charge in [0.1, 0.15) is 6.04 Å². The Balaban J connectivity index is 2.61. The molecule has 0 saturated heterocycles. The van der Waals surface area contributed by atoms with Crippen LogP contribution < -0.4 is 11.1 Å². The van der Waals surface area contributed by atoms with Crippen molar-refractivity contribution in [1.29, 1.82) is 0 Å². The molecule has 1 aromatic heterocycles. The summed E-state index contributed by atoms with van der Waals surface area (Å²) in [5.74, 6) is 0.516. The molecule has 0 bridgehead atoms. The SMILES string of the molecule is C#CCC(N)C(=O)NC(Cc1cnc[nH]1)C(=O)O. The van der Waals surface area contributed by atoms with E-state index < -0.39 is 24.0 Å². The Morgan fingerprint density at radius 2 is 2.39 bits per heavy atom. The van der Waals surface area contributed by atoms with Gasteiger partial charge < -0.3 is 21.1 Å². The van der Waals surface area contributed by atoms with Gasteiger partial charge in [-0.3, -0.25) is 4.79 Å². The van der Waals surface area contributed by atoms with Crippen molar-refractivity contribution in [2.45, 2.75) is 24.9 Å². The molecule has 0 aromatic carbocycles. The van der Waals surface area contributed by atoms with Gasteiger partial charge in [0.15, 0.2) is 0 Å². The zero-order valence-electron chi connectivity index (χ0n) is 9.59. The Hall–Kier alpha value is -2.33. The number of carbonyl (C=O) groups excluding carboxylic acids is 1. The van der Waals surface area contributed by atoms with Crippen LogP contribution in [-0.4, -0.2) is 39.0 Å². The van der Waals surface area contributed by atoms with Crippen LogP contribution in [0.2, 0.25) is 0 Å². The number of amides is 1. The van der Waals surface area contributed by atoms with Gasteiger partial charge in [0.2, 0.25) is 5.91 Å². The smallest absolute Gasteiger partial charge is 0.326 e. The van der Waals surface area contributed by atoms with E-state index in [1.54, 1.807) is 0 Å². The molecule has 0 aliphatic carbocycles. The zero-order valence-corrected chi connectivity index (χ0v) is 9.59. The lowest BCUT2D eigenvalue weighted by molar-refractivity contribution is -0.142. The second kappa shape index (κ2) is 6.42. The summed E-state index contributed by atoms with van der Waals surface area (Å²) in [6.45, 7) is 0. The number of hydrogen-bond acceptors (Lipinski definition) is 4. The summed E-state index contributed by atoms with van der Waals surface area (Å²) < 4.78 is 0. The van der Waals surface area contributed by atoms with E-state index in [0.29, 0.717) is 5.69 Å². The van der Waals surface area contributed by atoms with Gasteiger partial charge in [0, 0.05) is 24.7 Å². The predicted molar refractivity (Wildman–Crippen MR) is 63.3 cm³/mol. The van der Waals surface area contributed by atoms with Crippen LogP contribution in [0.1, 0.15) is 12.1 Å². The van der Waals surface area contributed by atoms with Crippen molar-refractivity contribution >= 4 is 11.9 Å². The Bertz CT molecular complexity index is 449. The largest absolute Gasteiger partial charge is 0.480 e. The molecule has 7 heteroatoms. The number of aromatic amines is 1. The fourth-order valence-electron chi connectivity index (χ4n) is 1.31. The number of imidazole rings is 1. The van der Waals surface area contributed by atoms with Crippen molar-refractivity contribution in [1.82, 2.24) is 15.3 Å². The van der Waals surface area contributed by atoms with Crippen LogP contribution in [-0.2, 0) is 16.0 Å². The van der Waals surface area contributed by atoms with E-state index >= 15 is 0 Å². The quantitative estimate of drug-likeness (QED) is 0.476. The Labute approximate surface area is 104 Å². The van der Waals surface area contributed by atoms with Crippen molar-refractivity contribution in [2.75, 3.05) is 0 Å². The van der Waals surface area contributed by atoms with Gasteiger partial charge in [0.25, 0.3) is 0 Å². The predicted octanol–water partition coefficient (Wildman–Crippen LogP) is -1.13. The molecule has 2 unspecified atom stereocenters. The highest BCUT2D eigenvalue weighted by Crippen LogP contribution is 1.99. The summed E-state index contributed by atoms with van der Waals surface area (Å²) >= 11 is 0. The molecule has 7 nitrogen and oxygen atoms in total. The van der Waals surface area contributed by atoms with Crippen molar-refractivity contribution in [3.63, 3.8) is 0 Å². The summed E-state index contributed by atoms with van der Waals surface area (Å²) in [5.41, 5.74) is 6.09. The number of nitrogens with zero attached hydrogens (tertiary/aromatic N) is 1. The van der Waals surface area contributed by atoms with Gasteiger partial charge in [0.05, 0.1) is 12.4 Å². The average Bonchev–Trinajstić information content (AvgIpc) is 2.81. The minimum Gasteiger partial charge on any atom is -0.480 e. The van der Waals surface area contributed by atoms with Crippen molar-refractivity contribution in [3.8, 4) is 12.3 Å². The second-order valence-electron chi connectivity index (χ2n) is 3.70. The first kappa shape index (κ1) is 13.7. The molecule has 1 aromatic rings. The summed E-state index contributed by atoms with van der Waals surface area (Å²) in [5, 5.41) is 11.3.